The second-order valence-corrected chi connectivity index (χ2v) is 17.0. The number of rotatable bonds is 7. The van der Waals surface area contributed by atoms with E-state index in [0.717, 1.165) is 100 Å². The second kappa shape index (κ2) is 15.9. The number of hydrogen-bond acceptors (Lipinski definition) is 2. The number of hydrogen-bond donors (Lipinski definition) is 0. The highest BCUT2D eigenvalue weighted by Crippen LogP contribution is 2.47. The lowest BCUT2D eigenvalue weighted by atomic mass is 9.91. The summed E-state index contributed by atoms with van der Waals surface area (Å²) in [5, 5.41) is 4.28. The Bertz CT molecular complexity index is 3790. The van der Waals surface area contributed by atoms with Gasteiger partial charge in [-0.15, -0.1) is 0 Å². The molecular weight excluding hydrogens is 834 g/mol. The van der Waals surface area contributed by atoms with Crippen molar-refractivity contribution >= 4 is 43.6 Å². The minimum absolute atomic E-state index is 0.411. The molecule has 7 heteroatoms. The SMILES string of the molecule is Cc1cccc(-c2cc(-c3nc(-c4ccccc4)cc(-c4ccccc4)n3)cc(-c3cccc(C(F)(F)F)c3)c2-n2c3ccccc3c3c2ccc2c4ccccc4n(-c4ccccc4)c23)c1. The predicted octanol–water partition coefficient (Wildman–Crippen LogP) is 16.3. The van der Waals surface area contributed by atoms with Gasteiger partial charge in [0, 0.05) is 55.0 Å². The van der Waals surface area contributed by atoms with Crippen LogP contribution in [0.4, 0.5) is 13.2 Å². The zero-order valence-corrected chi connectivity index (χ0v) is 36.2. The third-order valence-corrected chi connectivity index (χ3v) is 12.8. The summed E-state index contributed by atoms with van der Waals surface area (Å²) in [6.07, 6.45) is -4.58. The summed E-state index contributed by atoms with van der Waals surface area (Å²) in [5.74, 6) is 0.449. The number of aromatic nitrogens is 4. The van der Waals surface area contributed by atoms with Gasteiger partial charge in [-0.05, 0) is 78.7 Å². The van der Waals surface area contributed by atoms with Crippen LogP contribution in [0.25, 0.3) is 111 Å². The molecule has 0 aliphatic carbocycles. The highest BCUT2D eigenvalue weighted by atomic mass is 19.4. The highest BCUT2D eigenvalue weighted by molar-refractivity contribution is 6.26. The van der Waals surface area contributed by atoms with Gasteiger partial charge in [0.25, 0.3) is 0 Å². The number of halogens is 3. The van der Waals surface area contributed by atoms with Gasteiger partial charge in [0.05, 0.1) is 44.7 Å². The first kappa shape index (κ1) is 40.0. The molecular formula is C60H39F3N4. The summed E-state index contributed by atoms with van der Waals surface area (Å²) in [5.41, 5.74) is 12.7. The Kier molecular flexibility index (Phi) is 9.47. The molecule has 0 saturated carbocycles. The van der Waals surface area contributed by atoms with E-state index in [1.165, 1.54) is 12.1 Å². The van der Waals surface area contributed by atoms with Crippen LogP contribution in [0.5, 0.6) is 0 Å². The molecule has 0 N–H and O–H groups in total. The molecule has 0 saturated heterocycles. The Balaban J connectivity index is 1.24. The fourth-order valence-electron chi connectivity index (χ4n) is 9.80. The van der Waals surface area contributed by atoms with Crippen molar-refractivity contribution in [2.24, 2.45) is 0 Å². The van der Waals surface area contributed by atoms with E-state index in [0.29, 0.717) is 22.5 Å². The maximum Gasteiger partial charge on any atom is 0.416 e. The van der Waals surface area contributed by atoms with Crippen molar-refractivity contribution in [2.45, 2.75) is 13.1 Å². The lowest BCUT2D eigenvalue weighted by molar-refractivity contribution is -0.137. The van der Waals surface area contributed by atoms with E-state index in [1.807, 2.05) is 91.0 Å². The van der Waals surface area contributed by atoms with Crippen LogP contribution in [0.1, 0.15) is 11.1 Å². The average Bonchev–Trinajstić information content (AvgIpc) is 3.89. The van der Waals surface area contributed by atoms with Crippen molar-refractivity contribution in [3.63, 3.8) is 0 Å². The molecule has 9 aromatic carbocycles. The minimum atomic E-state index is -4.58. The van der Waals surface area contributed by atoms with Gasteiger partial charge in [0.15, 0.2) is 5.82 Å². The molecule has 12 rings (SSSR count). The van der Waals surface area contributed by atoms with E-state index in [1.54, 1.807) is 6.07 Å². The third-order valence-electron chi connectivity index (χ3n) is 12.8. The summed E-state index contributed by atoms with van der Waals surface area (Å²) in [6, 6.07) is 71.5. The van der Waals surface area contributed by atoms with E-state index < -0.39 is 11.7 Å². The van der Waals surface area contributed by atoms with Crippen LogP contribution in [0.15, 0.2) is 218 Å². The number of alkyl halides is 3. The van der Waals surface area contributed by atoms with Gasteiger partial charge >= 0.3 is 6.18 Å². The molecule has 0 aliphatic heterocycles. The van der Waals surface area contributed by atoms with E-state index in [2.05, 4.69) is 119 Å². The van der Waals surface area contributed by atoms with Crippen molar-refractivity contribution in [2.75, 3.05) is 0 Å². The zero-order valence-electron chi connectivity index (χ0n) is 36.2. The highest BCUT2D eigenvalue weighted by Gasteiger charge is 2.32. The molecule has 320 valence electrons. The Labute approximate surface area is 384 Å². The summed E-state index contributed by atoms with van der Waals surface area (Å²) in [6.45, 7) is 2.05. The predicted molar refractivity (Wildman–Crippen MR) is 268 cm³/mol. The Morgan fingerprint density at radius 2 is 0.940 bits per heavy atom. The van der Waals surface area contributed by atoms with Crippen molar-refractivity contribution in [1.82, 2.24) is 19.1 Å². The standard InChI is InChI=1S/C60H39F3N4/c1-38-17-15-22-41(33-38)49-35-43(59-64-51(39-18-5-2-6-19-39)37-52(65-59)40-20-7-3-8-21-40)36-50(42-23-16-24-44(34-42)60(61,62)63)57(49)67-54-30-14-12-28-48(54)56-55(67)32-31-47-46-27-11-13-29-53(46)66(58(47)56)45-25-9-4-10-26-45/h2-37H,1H3. The molecule has 0 unspecified atom stereocenters. The lowest BCUT2D eigenvalue weighted by Crippen LogP contribution is -2.06. The molecule has 0 atom stereocenters. The molecule has 0 radical (unpaired) electrons. The van der Waals surface area contributed by atoms with E-state index >= 15 is 0 Å². The van der Waals surface area contributed by atoms with Crippen molar-refractivity contribution in [3.05, 3.63) is 230 Å². The van der Waals surface area contributed by atoms with Crippen LogP contribution in [0.3, 0.4) is 0 Å². The number of para-hydroxylation sites is 3. The number of aryl methyl sites for hydroxylation is 1. The molecule has 0 spiro atoms. The Hall–Kier alpha value is -8.55. The van der Waals surface area contributed by atoms with Crippen LogP contribution in [-0.2, 0) is 6.18 Å². The lowest BCUT2D eigenvalue weighted by Gasteiger charge is -2.22. The molecule has 0 amide bonds. The fourth-order valence-corrected chi connectivity index (χ4v) is 9.80. The van der Waals surface area contributed by atoms with Crippen LogP contribution < -0.4 is 0 Å². The molecule has 3 heterocycles. The Morgan fingerprint density at radius 3 is 1.57 bits per heavy atom. The van der Waals surface area contributed by atoms with E-state index in [-0.39, 0.29) is 0 Å². The maximum atomic E-state index is 14.8. The summed E-state index contributed by atoms with van der Waals surface area (Å²) >= 11 is 0. The quantitative estimate of drug-likeness (QED) is 0.160. The minimum Gasteiger partial charge on any atom is -0.309 e. The number of benzene rings is 9. The fraction of sp³-hybridized carbons (Fsp3) is 0.0333. The second-order valence-electron chi connectivity index (χ2n) is 17.0. The monoisotopic (exact) mass is 872 g/mol. The largest absolute Gasteiger partial charge is 0.416 e. The number of fused-ring (bicyclic) bond motifs is 7. The van der Waals surface area contributed by atoms with Gasteiger partial charge in [-0.3, -0.25) is 0 Å². The van der Waals surface area contributed by atoms with Gasteiger partial charge in [0.2, 0.25) is 0 Å². The molecule has 0 fully saturated rings. The van der Waals surface area contributed by atoms with Crippen LogP contribution in [-0.4, -0.2) is 19.1 Å². The van der Waals surface area contributed by atoms with Gasteiger partial charge in [-0.2, -0.15) is 13.2 Å². The van der Waals surface area contributed by atoms with Gasteiger partial charge in [0.1, 0.15) is 0 Å². The summed E-state index contributed by atoms with van der Waals surface area (Å²) in [4.78, 5) is 10.5. The van der Waals surface area contributed by atoms with Crippen molar-refractivity contribution < 1.29 is 13.2 Å². The Morgan fingerprint density at radius 1 is 0.403 bits per heavy atom. The first-order valence-electron chi connectivity index (χ1n) is 22.2. The van der Waals surface area contributed by atoms with Gasteiger partial charge in [-0.1, -0.05) is 163 Å². The van der Waals surface area contributed by atoms with Crippen molar-refractivity contribution in [1.29, 1.82) is 0 Å². The smallest absolute Gasteiger partial charge is 0.309 e. The summed E-state index contributed by atoms with van der Waals surface area (Å²) < 4.78 is 49.0. The van der Waals surface area contributed by atoms with E-state index in [4.69, 9.17) is 9.97 Å². The molecule has 3 aromatic heterocycles. The molecule has 0 aliphatic rings. The first-order chi connectivity index (χ1) is 32.8. The van der Waals surface area contributed by atoms with Gasteiger partial charge < -0.3 is 9.13 Å². The topological polar surface area (TPSA) is 35.6 Å². The third kappa shape index (κ3) is 6.86. The van der Waals surface area contributed by atoms with Gasteiger partial charge in [-0.25, -0.2) is 9.97 Å². The molecule has 0 bridgehead atoms. The molecule has 4 nitrogen and oxygen atoms in total. The van der Waals surface area contributed by atoms with Crippen LogP contribution in [0.2, 0.25) is 0 Å². The summed E-state index contributed by atoms with van der Waals surface area (Å²) in [7, 11) is 0. The van der Waals surface area contributed by atoms with E-state index in [9.17, 15) is 13.2 Å². The van der Waals surface area contributed by atoms with Crippen LogP contribution >= 0.6 is 0 Å². The van der Waals surface area contributed by atoms with Crippen LogP contribution in [0, 0.1) is 6.92 Å². The normalized spacial score (nSPS) is 11.9. The maximum absolute atomic E-state index is 14.8. The van der Waals surface area contributed by atoms with Crippen molar-refractivity contribution in [3.8, 4) is 67.5 Å². The number of nitrogens with zero attached hydrogens (tertiary/aromatic N) is 4. The molecule has 12 aromatic rings. The zero-order chi connectivity index (χ0) is 45.2. The molecule has 67 heavy (non-hydrogen) atoms. The average molecular weight is 873 g/mol. The first-order valence-corrected chi connectivity index (χ1v) is 22.2.